The lowest BCUT2D eigenvalue weighted by atomic mass is 10.2. The van der Waals surface area contributed by atoms with Gasteiger partial charge in [-0.05, 0) is 24.2 Å². The number of hydrogen-bond acceptors (Lipinski definition) is 4. The van der Waals surface area contributed by atoms with Crippen molar-refractivity contribution < 1.29 is 4.74 Å². The molecule has 0 amide bonds. The van der Waals surface area contributed by atoms with Crippen LogP contribution in [0.15, 0.2) is 34.9 Å². The van der Waals surface area contributed by atoms with Crippen LogP contribution in [0, 0.1) is 0 Å². The first kappa shape index (κ1) is 15.2. The highest BCUT2D eigenvalue weighted by Crippen LogP contribution is 2.11. The Kier molecular flexibility index (Phi) is 6.17. The Morgan fingerprint density at radius 3 is 2.85 bits per heavy atom. The SMILES string of the molecule is CCNCc1cn(CCOCc2ccc(Br)cc2)nn1. The standard InChI is InChI=1S/C14H19BrN4O/c1-2-16-9-14-10-19(18-17-14)7-8-20-11-12-3-5-13(15)6-4-12/h3-6,10,16H,2,7-9,11H2,1H3. The van der Waals surface area contributed by atoms with Crippen molar-refractivity contribution in [1.29, 1.82) is 0 Å². The molecule has 5 nitrogen and oxygen atoms in total. The molecule has 1 N–H and O–H groups in total. The number of nitrogens with one attached hydrogen (secondary N) is 1. The average Bonchev–Trinajstić information content (AvgIpc) is 2.91. The number of aromatic nitrogens is 3. The van der Waals surface area contributed by atoms with Crippen LogP contribution in [0.2, 0.25) is 0 Å². The summed E-state index contributed by atoms with van der Waals surface area (Å²) in [4.78, 5) is 0. The van der Waals surface area contributed by atoms with Gasteiger partial charge >= 0.3 is 0 Å². The van der Waals surface area contributed by atoms with Crippen LogP contribution in [-0.2, 0) is 24.4 Å². The summed E-state index contributed by atoms with van der Waals surface area (Å²) in [6.45, 7) is 5.72. The molecule has 0 aliphatic heterocycles. The van der Waals surface area contributed by atoms with Gasteiger partial charge in [0.1, 0.15) is 0 Å². The zero-order valence-corrected chi connectivity index (χ0v) is 13.1. The highest BCUT2D eigenvalue weighted by molar-refractivity contribution is 9.10. The first-order valence-electron chi connectivity index (χ1n) is 6.70. The Morgan fingerprint density at radius 1 is 1.30 bits per heavy atom. The summed E-state index contributed by atoms with van der Waals surface area (Å²) in [5, 5.41) is 11.4. The summed E-state index contributed by atoms with van der Waals surface area (Å²) in [7, 11) is 0. The molecule has 2 rings (SSSR count). The summed E-state index contributed by atoms with van der Waals surface area (Å²) < 4.78 is 8.53. The molecule has 0 fully saturated rings. The fourth-order valence-electron chi connectivity index (χ4n) is 1.71. The molecule has 0 aliphatic rings. The number of rotatable bonds is 8. The Balaban J connectivity index is 1.67. The third kappa shape index (κ3) is 5.03. The maximum absolute atomic E-state index is 5.63. The fraction of sp³-hybridized carbons (Fsp3) is 0.429. The van der Waals surface area contributed by atoms with Gasteiger partial charge in [0.05, 0.1) is 25.5 Å². The smallest absolute Gasteiger partial charge is 0.0964 e. The molecule has 0 aliphatic carbocycles. The minimum absolute atomic E-state index is 0.617. The second-order valence-electron chi connectivity index (χ2n) is 4.43. The molecule has 1 heterocycles. The molecule has 0 unspecified atom stereocenters. The molecule has 6 heteroatoms. The van der Waals surface area contributed by atoms with E-state index in [2.05, 4.69) is 38.5 Å². The topological polar surface area (TPSA) is 52.0 Å². The quantitative estimate of drug-likeness (QED) is 0.751. The third-order valence-corrected chi connectivity index (χ3v) is 3.32. The van der Waals surface area contributed by atoms with Crippen LogP contribution >= 0.6 is 15.9 Å². The van der Waals surface area contributed by atoms with Gasteiger partial charge in [0.25, 0.3) is 0 Å². The van der Waals surface area contributed by atoms with Gasteiger partial charge in [-0.3, -0.25) is 0 Å². The van der Waals surface area contributed by atoms with Crippen molar-refractivity contribution in [2.45, 2.75) is 26.6 Å². The zero-order valence-electron chi connectivity index (χ0n) is 11.6. The Labute approximate surface area is 127 Å². The van der Waals surface area contributed by atoms with E-state index >= 15 is 0 Å². The van der Waals surface area contributed by atoms with Crippen LogP contribution in [0.1, 0.15) is 18.2 Å². The molecule has 0 radical (unpaired) electrons. The van der Waals surface area contributed by atoms with Gasteiger partial charge in [0, 0.05) is 17.2 Å². The molecule has 0 saturated carbocycles. The first-order valence-corrected chi connectivity index (χ1v) is 7.49. The summed E-state index contributed by atoms with van der Waals surface area (Å²) >= 11 is 3.41. The molecule has 0 spiro atoms. The Hall–Kier alpha value is -1.24. The highest BCUT2D eigenvalue weighted by atomic mass is 79.9. The van der Waals surface area contributed by atoms with E-state index in [1.54, 1.807) is 0 Å². The minimum Gasteiger partial charge on any atom is -0.375 e. The van der Waals surface area contributed by atoms with Crippen LogP contribution in [0.3, 0.4) is 0 Å². The second-order valence-corrected chi connectivity index (χ2v) is 5.35. The van der Waals surface area contributed by atoms with Crippen LogP contribution in [0.4, 0.5) is 0 Å². The Morgan fingerprint density at radius 2 is 2.10 bits per heavy atom. The molecule has 0 atom stereocenters. The molecule has 108 valence electrons. The molecule has 1 aromatic carbocycles. The van der Waals surface area contributed by atoms with Crippen molar-refractivity contribution in [3.63, 3.8) is 0 Å². The normalized spacial score (nSPS) is 10.9. The molecular weight excluding hydrogens is 320 g/mol. The Bertz CT molecular complexity index is 512. The molecule has 2 aromatic rings. The monoisotopic (exact) mass is 338 g/mol. The summed E-state index contributed by atoms with van der Waals surface area (Å²) in [5.74, 6) is 0. The van der Waals surface area contributed by atoms with Crippen molar-refractivity contribution >= 4 is 15.9 Å². The van der Waals surface area contributed by atoms with E-state index in [0.29, 0.717) is 13.2 Å². The van der Waals surface area contributed by atoms with Crippen molar-refractivity contribution in [3.05, 3.63) is 46.2 Å². The maximum atomic E-state index is 5.63. The molecule has 20 heavy (non-hydrogen) atoms. The van der Waals surface area contributed by atoms with Gasteiger partial charge in [-0.25, -0.2) is 4.68 Å². The second kappa shape index (κ2) is 8.14. The summed E-state index contributed by atoms with van der Waals surface area (Å²) in [6, 6.07) is 8.13. The molecular formula is C14H19BrN4O. The van der Waals surface area contributed by atoms with E-state index in [1.165, 1.54) is 5.56 Å². The van der Waals surface area contributed by atoms with Crippen molar-refractivity contribution in [2.75, 3.05) is 13.2 Å². The van der Waals surface area contributed by atoms with Crippen LogP contribution in [0.5, 0.6) is 0 Å². The van der Waals surface area contributed by atoms with Gasteiger partial charge < -0.3 is 10.1 Å². The predicted molar refractivity (Wildman–Crippen MR) is 81.2 cm³/mol. The van der Waals surface area contributed by atoms with Gasteiger partial charge in [-0.1, -0.05) is 40.2 Å². The van der Waals surface area contributed by atoms with E-state index < -0.39 is 0 Å². The number of hydrogen-bond donors (Lipinski definition) is 1. The lowest BCUT2D eigenvalue weighted by Crippen LogP contribution is -2.11. The predicted octanol–water partition coefficient (Wildman–Crippen LogP) is 2.37. The average molecular weight is 339 g/mol. The van der Waals surface area contributed by atoms with Crippen LogP contribution in [-0.4, -0.2) is 28.1 Å². The van der Waals surface area contributed by atoms with Gasteiger partial charge in [0.2, 0.25) is 0 Å². The molecule has 0 saturated heterocycles. The van der Waals surface area contributed by atoms with E-state index in [-0.39, 0.29) is 0 Å². The lowest BCUT2D eigenvalue weighted by molar-refractivity contribution is 0.110. The molecule has 0 bridgehead atoms. The fourth-order valence-corrected chi connectivity index (χ4v) is 1.97. The lowest BCUT2D eigenvalue weighted by Gasteiger charge is -2.04. The highest BCUT2D eigenvalue weighted by Gasteiger charge is 2.00. The summed E-state index contributed by atoms with van der Waals surface area (Å²) in [5.41, 5.74) is 2.12. The zero-order chi connectivity index (χ0) is 14.2. The number of nitrogens with zero attached hydrogens (tertiary/aromatic N) is 3. The largest absolute Gasteiger partial charge is 0.375 e. The third-order valence-electron chi connectivity index (χ3n) is 2.79. The van der Waals surface area contributed by atoms with Crippen LogP contribution < -0.4 is 5.32 Å². The maximum Gasteiger partial charge on any atom is 0.0964 e. The van der Waals surface area contributed by atoms with E-state index in [1.807, 2.05) is 35.1 Å². The first-order chi connectivity index (χ1) is 9.78. The van der Waals surface area contributed by atoms with E-state index in [0.717, 1.165) is 29.8 Å². The van der Waals surface area contributed by atoms with E-state index in [4.69, 9.17) is 4.74 Å². The number of ether oxygens (including phenoxy) is 1. The van der Waals surface area contributed by atoms with Crippen molar-refractivity contribution in [1.82, 2.24) is 20.3 Å². The van der Waals surface area contributed by atoms with Gasteiger partial charge in [-0.15, -0.1) is 5.10 Å². The van der Waals surface area contributed by atoms with Crippen molar-refractivity contribution in [3.8, 4) is 0 Å². The van der Waals surface area contributed by atoms with Gasteiger partial charge in [0.15, 0.2) is 0 Å². The van der Waals surface area contributed by atoms with E-state index in [9.17, 15) is 0 Å². The summed E-state index contributed by atoms with van der Waals surface area (Å²) in [6.07, 6.45) is 1.95. The number of benzene rings is 1. The minimum atomic E-state index is 0.617. The van der Waals surface area contributed by atoms with Crippen LogP contribution in [0.25, 0.3) is 0 Å². The van der Waals surface area contributed by atoms with Crippen molar-refractivity contribution in [2.24, 2.45) is 0 Å². The van der Waals surface area contributed by atoms with Gasteiger partial charge in [-0.2, -0.15) is 0 Å². The molecule has 1 aromatic heterocycles. The number of halogens is 1.